The lowest BCUT2D eigenvalue weighted by atomic mass is 9.98. The van der Waals surface area contributed by atoms with Crippen LogP contribution in [0.25, 0.3) is 10.8 Å². The average Bonchev–Trinajstić information content (AvgIpc) is 2.60. The Balaban J connectivity index is 2.01. The molecule has 0 radical (unpaired) electrons. The van der Waals surface area contributed by atoms with E-state index in [1.165, 1.54) is 4.31 Å². The summed E-state index contributed by atoms with van der Waals surface area (Å²) in [5, 5.41) is 1.62. The molecule has 2 N–H and O–H groups in total. The van der Waals surface area contributed by atoms with E-state index in [-0.39, 0.29) is 11.8 Å². The Bertz CT molecular complexity index is 901. The van der Waals surface area contributed by atoms with E-state index in [0.29, 0.717) is 36.2 Å². The highest BCUT2D eigenvalue weighted by Gasteiger charge is 2.32. The van der Waals surface area contributed by atoms with Gasteiger partial charge in [-0.1, -0.05) is 24.3 Å². The number of anilines is 1. The minimum absolute atomic E-state index is 0.237. The molecular formula is C18H23N3O3S. The van der Waals surface area contributed by atoms with Gasteiger partial charge in [0.25, 0.3) is 0 Å². The topological polar surface area (TPSA) is 83.7 Å². The molecule has 25 heavy (non-hydrogen) atoms. The highest BCUT2D eigenvalue weighted by molar-refractivity contribution is 7.89. The van der Waals surface area contributed by atoms with E-state index in [0.717, 1.165) is 11.1 Å². The van der Waals surface area contributed by atoms with Crippen molar-refractivity contribution in [2.24, 2.45) is 11.7 Å². The standard InChI is InChI=1S/C18H23N3O3S/c1-20(2)16-7-3-6-15-14(16)5-4-8-17(15)25(23,24)21-11-9-13(10-12-21)18(19)22/h3-8,13H,9-12H2,1-2H3,(H2,19,22). The molecule has 0 bridgehead atoms. The molecule has 0 spiro atoms. The average molecular weight is 361 g/mol. The van der Waals surface area contributed by atoms with Crippen molar-refractivity contribution in [3.63, 3.8) is 0 Å². The molecular weight excluding hydrogens is 338 g/mol. The number of fused-ring (bicyclic) bond motifs is 1. The van der Waals surface area contributed by atoms with Crippen LogP contribution >= 0.6 is 0 Å². The molecule has 2 aromatic rings. The molecule has 2 aromatic carbocycles. The van der Waals surface area contributed by atoms with Crippen LogP contribution in [0.2, 0.25) is 0 Å². The number of rotatable bonds is 4. The third-order valence-corrected chi connectivity index (χ3v) is 6.77. The summed E-state index contributed by atoms with van der Waals surface area (Å²) < 4.78 is 27.8. The van der Waals surface area contributed by atoms with Gasteiger partial charge in [0.1, 0.15) is 0 Å². The lowest BCUT2D eigenvalue weighted by Gasteiger charge is -2.30. The largest absolute Gasteiger partial charge is 0.377 e. The zero-order valence-electron chi connectivity index (χ0n) is 14.5. The van der Waals surface area contributed by atoms with Gasteiger partial charge in [0, 0.05) is 49.6 Å². The van der Waals surface area contributed by atoms with Gasteiger partial charge in [0.15, 0.2) is 0 Å². The van der Waals surface area contributed by atoms with E-state index in [9.17, 15) is 13.2 Å². The number of amides is 1. The molecule has 1 saturated heterocycles. The Labute approximate surface area is 148 Å². The molecule has 0 saturated carbocycles. The Hall–Kier alpha value is -2.12. The number of primary amides is 1. The molecule has 0 atom stereocenters. The summed E-state index contributed by atoms with van der Waals surface area (Å²) in [7, 11) is 0.253. The Kier molecular flexibility index (Phi) is 4.71. The summed E-state index contributed by atoms with van der Waals surface area (Å²) in [6.07, 6.45) is 0.949. The van der Waals surface area contributed by atoms with Crippen molar-refractivity contribution < 1.29 is 13.2 Å². The minimum Gasteiger partial charge on any atom is -0.377 e. The number of benzene rings is 2. The lowest BCUT2D eigenvalue weighted by Crippen LogP contribution is -2.41. The van der Waals surface area contributed by atoms with E-state index >= 15 is 0 Å². The molecule has 1 aliphatic heterocycles. The first-order valence-electron chi connectivity index (χ1n) is 8.31. The molecule has 7 heteroatoms. The maximum absolute atomic E-state index is 13.2. The molecule has 0 aliphatic carbocycles. The van der Waals surface area contributed by atoms with E-state index in [2.05, 4.69) is 0 Å². The van der Waals surface area contributed by atoms with Gasteiger partial charge >= 0.3 is 0 Å². The number of carbonyl (C=O) groups is 1. The quantitative estimate of drug-likeness (QED) is 0.900. The SMILES string of the molecule is CN(C)c1cccc2c(S(=O)(=O)N3CCC(C(N)=O)CC3)cccc12. The van der Waals surface area contributed by atoms with E-state index in [1.54, 1.807) is 12.1 Å². The van der Waals surface area contributed by atoms with Crippen LogP contribution in [-0.4, -0.2) is 45.8 Å². The van der Waals surface area contributed by atoms with E-state index < -0.39 is 10.0 Å². The van der Waals surface area contributed by atoms with Crippen molar-refractivity contribution in [1.29, 1.82) is 0 Å². The number of hydrogen-bond acceptors (Lipinski definition) is 4. The zero-order valence-corrected chi connectivity index (χ0v) is 15.3. The zero-order chi connectivity index (χ0) is 18.2. The van der Waals surface area contributed by atoms with Crippen molar-refractivity contribution in [3.05, 3.63) is 36.4 Å². The second kappa shape index (κ2) is 6.65. The molecule has 1 heterocycles. The molecule has 0 aromatic heterocycles. The van der Waals surface area contributed by atoms with Gasteiger partial charge in [-0.2, -0.15) is 4.31 Å². The Morgan fingerprint density at radius 1 is 1.08 bits per heavy atom. The first-order chi connectivity index (χ1) is 11.8. The van der Waals surface area contributed by atoms with Gasteiger partial charge in [-0.15, -0.1) is 0 Å². The van der Waals surface area contributed by atoms with Crippen LogP contribution in [0.1, 0.15) is 12.8 Å². The maximum Gasteiger partial charge on any atom is 0.243 e. The van der Waals surface area contributed by atoms with Gasteiger partial charge in [0.05, 0.1) is 4.90 Å². The summed E-state index contributed by atoms with van der Waals surface area (Å²) in [6, 6.07) is 11.0. The van der Waals surface area contributed by atoms with Gasteiger partial charge in [0.2, 0.25) is 15.9 Å². The smallest absolute Gasteiger partial charge is 0.243 e. The van der Waals surface area contributed by atoms with Crippen LogP contribution in [0, 0.1) is 5.92 Å². The number of nitrogens with zero attached hydrogens (tertiary/aromatic N) is 2. The van der Waals surface area contributed by atoms with E-state index in [4.69, 9.17) is 5.73 Å². The fourth-order valence-corrected chi connectivity index (χ4v) is 5.08. The third kappa shape index (κ3) is 3.21. The summed E-state index contributed by atoms with van der Waals surface area (Å²) in [4.78, 5) is 13.6. The molecule has 1 amide bonds. The van der Waals surface area contributed by atoms with Crippen molar-refractivity contribution in [3.8, 4) is 0 Å². The highest BCUT2D eigenvalue weighted by Crippen LogP contribution is 2.32. The second-order valence-corrected chi connectivity index (χ2v) is 8.51. The van der Waals surface area contributed by atoms with Crippen molar-refractivity contribution >= 4 is 32.4 Å². The van der Waals surface area contributed by atoms with E-state index in [1.807, 2.05) is 43.3 Å². The van der Waals surface area contributed by atoms with Gasteiger partial charge in [-0.3, -0.25) is 4.79 Å². The van der Waals surface area contributed by atoms with Crippen molar-refractivity contribution in [2.45, 2.75) is 17.7 Å². The lowest BCUT2D eigenvalue weighted by molar-refractivity contribution is -0.122. The van der Waals surface area contributed by atoms with Crippen LogP contribution in [-0.2, 0) is 14.8 Å². The second-order valence-electron chi connectivity index (χ2n) is 6.60. The highest BCUT2D eigenvalue weighted by atomic mass is 32.2. The van der Waals surface area contributed by atoms with Crippen LogP contribution in [0.4, 0.5) is 5.69 Å². The van der Waals surface area contributed by atoms with Crippen LogP contribution in [0.15, 0.2) is 41.3 Å². The molecule has 0 unspecified atom stereocenters. The van der Waals surface area contributed by atoms with Crippen LogP contribution in [0.5, 0.6) is 0 Å². The predicted octanol–water partition coefficient (Wildman–Crippen LogP) is 1.79. The van der Waals surface area contributed by atoms with Gasteiger partial charge in [-0.05, 0) is 25.0 Å². The molecule has 6 nitrogen and oxygen atoms in total. The Morgan fingerprint density at radius 3 is 2.28 bits per heavy atom. The fourth-order valence-electron chi connectivity index (χ4n) is 3.40. The molecule has 1 fully saturated rings. The molecule has 1 aliphatic rings. The number of nitrogens with two attached hydrogens (primary N) is 1. The summed E-state index contributed by atoms with van der Waals surface area (Å²) in [6.45, 7) is 0.638. The van der Waals surface area contributed by atoms with Gasteiger partial charge < -0.3 is 10.6 Å². The van der Waals surface area contributed by atoms with Crippen LogP contribution < -0.4 is 10.6 Å². The number of sulfonamides is 1. The summed E-state index contributed by atoms with van der Waals surface area (Å²) >= 11 is 0. The summed E-state index contributed by atoms with van der Waals surface area (Å²) in [5.74, 6) is -0.586. The summed E-state index contributed by atoms with van der Waals surface area (Å²) in [5.41, 5.74) is 6.31. The molecule has 3 rings (SSSR count). The monoisotopic (exact) mass is 361 g/mol. The number of carbonyl (C=O) groups excluding carboxylic acids is 1. The first-order valence-corrected chi connectivity index (χ1v) is 9.75. The number of piperidine rings is 1. The predicted molar refractivity (Wildman–Crippen MR) is 99.0 cm³/mol. The fraction of sp³-hybridized carbons (Fsp3) is 0.389. The normalized spacial score (nSPS) is 16.9. The minimum atomic E-state index is -3.62. The van der Waals surface area contributed by atoms with Crippen molar-refractivity contribution in [2.75, 3.05) is 32.1 Å². The van der Waals surface area contributed by atoms with Crippen LogP contribution in [0.3, 0.4) is 0 Å². The van der Waals surface area contributed by atoms with Crippen molar-refractivity contribution in [1.82, 2.24) is 4.31 Å². The number of hydrogen-bond donors (Lipinski definition) is 1. The van der Waals surface area contributed by atoms with Gasteiger partial charge in [-0.25, -0.2) is 8.42 Å². The molecule has 134 valence electrons. The Morgan fingerprint density at radius 2 is 1.68 bits per heavy atom. The third-order valence-electron chi connectivity index (χ3n) is 4.81. The first kappa shape index (κ1) is 17.7. The maximum atomic E-state index is 13.2.